The van der Waals surface area contributed by atoms with Gasteiger partial charge in [-0.15, -0.1) is 0 Å². The summed E-state index contributed by atoms with van der Waals surface area (Å²) < 4.78 is 17.5. The van der Waals surface area contributed by atoms with E-state index in [1.807, 2.05) is 0 Å². The van der Waals surface area contributed by atoms with Gasteiger partial charge in [0.1, 0.15) is 11.9 Å². The van der Waals surface area contributed by atoms with Crippen LogP contribution in [0.1, 0.15) is 36.0 Å². The maximum atomic E-state index is 12.9. The molecule has 186 valence electrons. The number of halogens is 1. The van der Waals surface area contributed by atoms with Gasteiger partial charge >= 0.3 is 18.0 Å². The van der Waals surface area contributed by atoms with Gasteiger partial charge in [-0.1, -0.05) is 0 Å². The molecule has 34 heavy (non-hydrogen) atoms. The van der Waals surface area contributed by atoms with Crippen LogP contribution in [0.15, 0.2) is 24.3 Å². The summed E-state index contributed by atoms with van der Waals surface area (Å²) in [6.07, 6.45) is -1.92. The number of carboxylic acids is 2. The average Bonchev–Trinajstić information content (AvgIpc) is 2.78. The first kappa shape index (κ1) is 27.8. The third kappa shape index (κ3) is 11.4. The second kappa shape index (κ2) is 14.8. The van der Waals surface area contributed by atoms with Crippen LogP contribution < -0.4 is 21.3 Å². The minimum atomic E-state index is -1.46. The van der Waals surface area contributed by atoms with Crippen molar-refractivity contribution in [1.82, 2.24) is 21.3 Å². The van der Waals surface area contributed by atoms with Crippen molar-refractivity contribution < 1.29 is 48.1 Å². The Balaban J connectivity index is 2.38. The van der Waals surface area contributed by atoms with E-state index in [2.05, 4.69) is 26.0 Å². The molecule has 13 nitrogen and oxygen atoms in total. The first-order chi connectivity index (χ1) is 16.1. The van der Waals surface area contributed by atoms with E-state index in [9.17, 15) is 33.2 Å². The normalized spacial score (nSPS) is 11.9. The Morgan fingerprint density at radius 2 is 1.68 bits per heavy atom. The summed E-state index contributed by atoms with van der Waals surface area (Å²) in [6, 6.07) is 2.47. The van der Waals surface area contributed by atoms with E-state index in [1.54, 1.807) is 0 Å². The molecule has 0 saturated heterocycles. The Hall–Kier alpha value is -4.23. The smallest absolute Gasteiger partial charge is 0.326 e. The van der Waals surface area contributed by atoms with Gasteiger partial charge in [0.25, 0.3) is 12.4 Å². The predicted octanol–water partition coefficient (Wildman–Crippen LogP) is -0.432. The van der Waals surface area contributed by atoms with E-state index in [1.165, 1.54) is 12.1 Å². The van der Waals surface area contributed by atoms with Crippen LogP contribution in [0.2, 0.25) is 0 Å². The average molecular weight is 484 g/mol. The number of aliphatic carboxylic acids is 2. The molecule has 0 unspecified atom stereocenters. The molecule has 1 aromatic rings. The van der Waals surface area contributed by atoms with Gasteiger partial charge in [-0.3, -0.25) is 19.2 Å². The fraction of sp³-hybridized carbons (Fsp3) is 0.400. The summed E-state index contributed by atoms with van der Waals surface area (Å²) in [6.45, 7) is -0.223. The SMILES string of the molecule is O=CO[C@@H](CNC(=O)N[C@@H](CCC(=O)O)C(=O)O)NC(=O)CCCNC(=O)c1ccc(F)cc1. The monoisotopic (exact) mass is 484 g/mol. The number of hydrogen-bond acceptors (Lipinski definition) is 7. The van der Waals surface area contributed by atoms with E-state index < -0.39 is 60.8 Å². The van der Waals surface area contributed by atoms with Crippen molar-refractivity contribution in [2.24, 2.45) is 0 Å². The van der Waals surface area contributed by atoms with Gasteiger partial charge in [-0.05, 0) is 37.1 Å². The molecule has 1 rings (SSSR count). The fourth-order valence-electron chi connectivity index (χ4n) is 2.53. The molecule has 0 radical (unpaired) electrons. The Labute approximate surface area is 193 Å². The third-order valence-corrected chi connectivity index (χ3v) is 4.21. The van der Waals surface area contributed by atoms with Crippen LogP contribution in [0.4, 0.5) is 9.18 Å². The highest BCUT2D eigenvalue weighted by Crippen LogP contribution is 2.02. The lowest BCUT2D eigenvalue weighted by Gasteiger charge is -2.19. The molecule has 0 bridgehead atoms. The predicted molar refractivity (Wildman–Crippen MR) is 112 cm³/mol. The van der Waals surface area contributed by atoms with Crippen LogP contribution in [-0.4, -0.2) is 71.8 Å². The molecular formula is C20H25FN4O9. The van der Waals surface area contributed by atoms with E-state index in [4.69, 9.17) is 10.2 Å². The van der Waals surface area contributed by atoms with Gasteiger partial charge in [0, 0.05) is 24.9 Å². The van der Waals surface area contributed by atoms with Crippen LogP contribution >= 0.6 is 0 Å². The molecule has 0 aliphatic heterocycles. The van der Waals surface area contributed by atoms with Gasteiger partial charge < -0.3 is 36.2 Å². The highest BCUT2D eigenvalue weighted by molar-refractivity contribution is 5.94. The Morgan fingerprint density at radius 1 is 1.00 bits per heavy atom. The van der Waals surface area contributed by atoms with Crippen LogP contribution in [0.25, 0.3) is 0 Å². The molecule has 4 amide bonds. The maximum absolute atomic E-state index is 12.9. The molecule has 0 saturated carbocycles. The Morgan fingerprint density at radius 3 is 2.26 bits per heavy atom. The van der Waals surface area contributed by atoms with Crippen molar-refractivity contribution in [3.8, 4) is 0 Å². The number of carbonyl (C=O) groups is 6. The zero-order valence-corrected chi connectivity index (χ0v) is 17.9. The van der Waals surface area contributed by atoms with Gasteiger partial charge in [-0.2, -0.15) is 0 Å². The van der Waals surface area contributed by atoms with Crippen molar-refractivity contribution >= 4 is 36.3 Å². The molecule has 1 aromatic carbocycles. The van der Waals surface area contributed by atoms with Gasteiger partial charge in [0.15, 0.2) is 6.23 Å². The summed E-state index contributed by atoms with van der Waals surface area (Å²) in [7, 11) is 0. The van der Waals surface area contributed by atoms with Crippen LogP contribution in [-0.2, 0) is 23.9 Å². The fourth-order valence-corrected chi connectivity index (χ4v) is 2.53. The number of rotatable bonds is 15. The van der Waals surface area contributed by atoms with Crippen molar-refractivity contribution in [2.45, 2.75) is 38.0 Å². The Kier molecular flexibility index (Phi) is 12.1. The van der Waals surface area contributed by atoms with Crippen LogP contribution in [0.3, 0.4) is 0 Å². The maximum Gasteiger partial charge on any atom is 0.326 e. The highest BCUT2D eigenvalue weighted by atomic mass is 19.1. The minimum Gasteiger partial charge on any atom is -0.481 e. The van der Waals surface area contributed by atoms with Gasteiger partial charge in [0.05, 0.1) is 6.54 Å². The Bertz CT molecular complexity index is 879. The number of ether oxygens (including phenoxy) is 1. The van der Waals surface area contributed by atoms with Crippen molar-refractivity contribution in [3.05, 3.63) is 35.6 Å². The van der Waals surface area contributed by atoms with Crippen LogP contribution in [0, 0.1) is 5.82 Å². The molecule has 0 aromatic heterocycles. The molecule has 0 heterocycles. The summed E-state index contributed by atoms with van der Waals surface area (Å²) in [4.78, 5) is 68.1. The molecule has 0 spiro atoms. The van der Waals surface area contributed by atoms with Gasteiger partial charge in [0.2, 0.25) is 5.91 Å². The molecule has 14 heteroatoms. The number of hydrogen-bond donors (Lipinski definition) is 6. The number of benzene rings is 1. The van der Waals surface area contributed by atoms with Crippen molar-refractivity contribution in [1.29, 1.82) is 0 Å². The van der Waals surface area contributed by atoms with Gasteiger partial charge in [-0.25, -0.2) is 14.0 Å². The number of urea groups is 1. The van der Waals surface area contributed by atoms with E-state index >= 15 is 0 Å². The first-order valence-electron chi connectivity index (χ1n) is 10.0. The number of nitrogens with one attached hydrogen (secondary N) is 4. The molecule has 0 aliphatic rings. The van der Waals surface area contributed by atoms with E-state index in [0.717, 1.165) is 12.1 Å². The molecule has 6 N–H and O–H groups in total. The minimum absolute atomic E-state index is 0.0420. The molecule has 2 atom stereocenters. The standard InChI is InChI=1S/C20H25FN4O9/c21-13-5-3-12(4-6-13)18(30)22-9-1-2-15(27)25-16(34-11-26)10-23-20(33)24-14(19(31)32)7-8-17(28)29/h3-6,11,14,16H,1-2,7-10H2,(H,22,30)(H,25,27)(H,28,29)(H,31,32)(H2,23,24,33)/t14-,16-/m0/s1. The number of carboxylic acid groups (broad SMARTS) is 2. The van der Waals surface area contributed by atoms with E-state index in [-0.39, 0.29) is 37.8 Å². The highest BCUT2D eigenvalue weighted by Gasteiger charge is 2.22. The van der Waals surface area contributed by atoms with Crippen molar-refractivity contribution in [2.75, 3.05) is 13.1 Å². The van der Waals surface area contributed by atoms with Crippen LogP contribution in [0.5, 0.6) is 0 Å². The number of carbonyl (C=O) groups excluding carboxylic acids is 4. The summed E-state index contributed by atoms with van der Waals surface area (Å²) in [5, 5.41) is 26.8. The second-order valence-electron chi connectivity index (χ2n) is 6.83. The topological polar surface area (TPSA) is 200 Å². The first-order valence-corrected chi connectivity index (χ1v) is 10.0. The quantitative estimate of drug-likeness (QED) is 0.108. The lowest BCUT2D eigenvalue weighted by Crippen LogP contribution is -2.51. The summed E-state index contributed by atoms with van der Waals surface area (Å²) >= 11 is 0. The van der Waals surface area contributed by atoms with Crippen molar-refractivity contribution in [3.63, 3.8) is 0 Å². The zero-order valence-electron chi connectivity index (χ0n) is 17.9. The lowest BCUT2D eigenvalue weighted by atomic mass is 10.1. The second-order valence-corrected chi connectivity index (χ2v) is 6.83. The summed E-state index contributed by atoms with van der Waals surface area (Å²) in [5.41, 5.74) is 0.253. The molecule has 0 fully saturated rings. The number of amides is 4. The molecular weight excluding hydrogens is 459 g/mol. The third-order valence-electron chi connectivity index (χ3n) is 4.21. The zero-order chi connectivity index (χ0) is 25.5. The lowest BCUT2D eigenvalue weighted by molar-refractivity contribution is -0.141. The summed E-state index contributed by atoms with van der Waals surface area (Å²) in [5.74, 6) is -4.15. The molecule has 0 aliphatic carbocycles. The van der Waals surface area contributed by atoms with E-state index in [0.29, 0.717) is 0 Å². The largest absolute Gasteiger partial charge is 0.481 e.